The van der Waals surface area contributed by atoms with E-state index in [-0.39, 0.29) is 23.1 Å². The van der Waals surface area contributed by atoms with Crippen molar-refractivity contribution >= 4 is 11.7 Å². The van der Waals surface area contributed by atoms with Gasteiger partial charge in [-0.15, -0.1) is 0 Å². The maximum Gasteiger partial charge on any atom is 0.282 e. The number of aliphatic hydroxyl groups is 1. The van der Waals surface area contributed by atoms with Gasteiger partial charge in [-0.1, -0.05) is 6.92 Å². The smallest absolute Gasteiger partial charge is 0.282 e. The Labute approximate surface area is 108 Å². The minimum Gasteiger partial charge on any atom is -0.368 e. The van der Waals surface area contributed by atoms with Crippen LogP contribution in [-0.4, -0.2) is 35.9 Å². The summed E-state index contributed by atoms with van der Waals surface area (Å²) in [5, 5.41) is 10.3. The highest BCUT2D eigenvalue weighted by Crippen LogP contribution is 2.28. The quantitative estimate of drug-likeness (QED) is 0.789. The van der Waals surface area contributed by atoms with Crippen molar-refractivity contribution in [2.45, 2.75) is 26.5 Å². The number of rotatable bonds is 2. The van der Waals surface area contributed by atoms with Gasteiger partial charge in [0.1, 0.15) is 23.4 Å². The van der Waals surface area contributed by atoms with Gasteiger partial charge in [0, 0.05) is 6.92 Å². The summed E-state index contributed by atoms with van der Waals surface area (Å²) < 4.78 is 2.60. The lowest BCUT2D eigenvalue weighted by molar-refractivity contribution is 0.0813. The summed E-state index contributed by atoms with van der Waals surface area (Å²) in [6.45, 7) is 3.23. The molecule has 1 aliphatic heterocycles. The van der Waals surface area contributed by atoms with Crippen molar-refractivity contribution in [3.63, 3.8) is 0 Å². The van der Waals surface area contributed by atoms with Gasteiger partial charge in [-0.25, -0.2) is 9.97 Å². The van der Waals surface area contributed by atoms with Crippen molar-refractivity contribution in [2.24, 2.45) is 0 Å². The van der Waals surface area contributed by atoms with E-state index in [0.29, 0.717) is 17.8 Å². The number of hydrogen-bond acceptors (Lipinski definition) is 5. The fourth-order valence-electron chi connectivity index (χ4n) is 2.36. The third kappa shape index (κ3) is 1.42. The van der Waals surface area contributed by atoms with E-state index >= 15 is 0 Å². The maximum atomic E-state index is 12.4. The zero-order valence-corrected chi connectivity index (χ0v) is 10.5. The van der Waals surface area contributed by atoms with Crippen molar-refractivity contribution in [2.75, 3.05) is 0 Å². The molecule has 0 fully saturated rings. The molecule has 1 aliphatic rings. The van der Waals surface area contributed by atoms with E-state index in [1.165, 1.54) is 28.7 Å². The number of hydrogen-bond donors (Lipinski definition) is 1. The monoisotopic (exact) mass is 260 g/mol. The molecule has 0 radical (unpaired) electrons. The maximum absolute atomic E-state index is 12.4. The van der Waals surface area contributed by atoms with E-state index in [4.69, 9.17) is 0 Å². The first-order valence-electron chi connectivity index (χ1n) is 5.92. The number of aryl methyl sites for hydroxylation is 1. The molecule has 0 saturated carbocycles. The molecule has 1 atom stereocenters. The van der Waals surface area contributed by atoms with Crippen LogP contribution in [0.5, 0.6) is 0 Å². The molecule has 0 saturated heterocycles. The lowest BCUT2D eigenvalue weighted by Gasteiger charge is -2.23. The van der Waals surface area contributed by atoms with Crippen molar-refractivity contribution < 1.29 is 14.7 Å². The van der Waals surface area contributed by atoms with Crippen LogP contribution in [0.25, 0.3) is 0 Å². The highest BCUT2D eigenvalue weighted by Gasteiger charge is 2.35. The lowest BCUT2D eigenvalue weighted by Crippen LogP contribution is -2.31. The van der Waals surface area contributed by atoms with E-state index < -0.39 is 6.23 Å². The molecule has 0 amide bonds. The van der Waals surface area contributed by atoms with Crippen molar-refractivity contribution in [1.29, 1.82) is 0 Å². The van der Waals surface area contributed by atoms with Crippen LogP contribution in [0.1, 0.15) is 52.4 Å². The summed E-state index contributed by atoms with van der Waals surface area (Å²) >= 11 is 0. The Morgan fingerprint density at radius 3 is 2.79 bits per heavy atom. The van der Waals surface area contributed by atoms with Crippen LogP contribution in [0.3, 0.4) is 0 Å². The van der Waals surface area contributed by atoms with Crippen LogP contribution in [-0.2, 0) is 6.42 Å². The van der Waals surface area contributed by atoms with Gasteiger partial charge in [-0.3, -0.25) is 18.7 Å². The van der Waals surface area contributed by atoms with E-state index in [1.54, 1.807) is 0 Å². The summed E-state index contributed by atoms with van der Waals surface area (Å²) in [4.78, 5) is 31.9. The fourth-order valence-corrected chi connectivity index (χ4v) is 2.36. The van der Waals surface area contributed by atoms with Crippen LogP contribution in [0, 0.1) is 0 Å². The molecule has 7 heteroatoms. The second kappa shape index (κ2) is 3.86. The predicted molar refractivity (Wildman–Crippen MR) is 63.9 cm³/mol. The molecule has 1 N–H and O–H groups in total. The molecule has 3 rings (SSSR count). The van der Waals surface area contributed by atoms with Crippen LogP contribution in [0.15, 0.2) is 12.7 Å². The SMILES string of the molecule is CCc1ncn2c1C(=O)n1cnc(C(C)=O)c1C2O. The predicted octanol–water partition coefficient (Wildman–Crippen LogP) is 0.386. The first-order valence-corrected chi connectivity index (χ1v) is 5.92. The molecule has 0 bridgehead atoms. The van der Waals surface area contributed by atoms with Gasteiger partial charge in [0.15, 0.2) is 12.0 Å². The Kier molecular flexibility index (Phi) is 2.39. The third-order valence-corrected chi connectivity index (χ3v) is 3.27. The van der Waals surface area contributed by atoms with Crippen molar-refractivity contribution in [3.8, 4) is 0 Å². The second-order valence-corrected chi connectivity index (χ2v) is 4.38. The van der Waals surface area contributed by atoms with Gasteiger partial charge in [-0.2, -0.15) is 0 Å². The number of fused-ring (bicyclic) bond motifs is 2. The first kappa shape index (κ1) is 11.8. The zero-order valence-electron chi connectivity index (χ0n) is 10.5. The molecule has 0 spiro atoms. The summed E-state index contributed by atoms with van der Waals surface area (Å²) in [5.41, 5.74) is 1.27. The minimum atomic E-state index is -1.12. The molecule has 1 unspecified atom stereocenters. The van der Waals surface area contributed by atoms with E-state index in [1.807, 2.05) is 6.92 Å². The molecule has 7 nitrogen and oxygen atoms in total. The lowest BCUT2D eigenvalue weighted by atomic mass is 10.1. The third-order valence-electron chi connectivity index (χ3n) is 3.27. The number of aliphatic hydroxyl groups excluding tert-OH is 1. The molecule has 19 heavy (non-hydrogen) atoms. The van der Waals surface area contributed by atoms with Gasteiger partial charge in [-0.05, 0) is 6.42 Å². The first-order chi connectivity index (χ1) is 9.06. The fraction of sp³-hybridized carbons (Fsp3) is 0.333. The number of aromatic nitrogens is 4. The van der Waals surface area contributed by atoms with Crippen LogP contribution >= 0.6 is 0 Å². The van der Waals surface area contributed by atoms with E-state index in [2.05, 4.69) is 9.97 Å². The molecule has 3 heterocycles. The summed E-state index contributed by atoms with van der Waals surface area (Å²) in [6, 6.07) is 0. The Morgan fingerprint density at radius 1 is 1.42 bits per heavy atom. The zero-order chi connectivity index (χ0) is 13.7. The summed E-state index contributed by atoms with van der Waals surface area (Å²) in [6.07, 6.45) is 2.15. The Balaban J connectivity index is 2.26. The standard InChI is InChI=1S/C12H12N4O3/c1-3-7-9-11(18)16-5-14-8(6(2)17)10(16)12(19)15(9)4-13-7/h4-5,12,19H,3H2,1-2H3. The average molecular weight is 260 g/mol. The van der Waals surface area contributed by atoms with E-state index in [9.17, 15) is 14.7 Å². The van der Waals surface area contributed by atoms with Crippen molar-refractivity contribution in [1.82, 2.24) is 19.1 Å². The van der Waals surface area contributed by atoms with Gasteiger partial charge < -0.3 is 5.11 Å². The van der Waals surface area contributed by atoms with E-state index in [0.717, 1.165) is 0 Å². The number of nitrogens with zero attached hydrogens (tertiary/aromatic N) is 4. The Hall–Kier alpha value is -2.28. The highest BCUT2D eigenvalue weighted by molar-refractivity contribution is 6.00. The van der Waals surface area contributed by atoms with Gasteiger partial charge in [0.05, 0.1) is 12.0 Å². The number of Topliss-reactive ketones (excluding diaryl/α,β-unsaturated/α-hetero) is 1. The molecule has 2 aromatic heterocycles. The molecule has 0 aliphatic carbocycles. The van der Waals surface area contributed by atoms with Gasteiger partial charge >= 0.3 is 0 Å². The number of carbonyl (C=O) groups is 2. The topological polar surface area (TPSA) is 90.0 Å². The highest BCUT2D eigenvalue weighted by atomic mass is 16.3. The van der Waals surface area contributed by atoms with Crippen LogP contribution in [0.2, 0.25) is 0 Å². The Morgan fingerprint density at radius 2 is 2.16 bits per heavy atom. The summed E-state index contributed by atoms with van der Waals surface area (Å²) in [5.74, 6) is -0.616. The van der Waals surface area contributed by atoms with Gasteiger partial charge in [0.25, 0.3) is 5.91 Å². The normalized spacial score (nSPS) is 17.2. The average Bonchev–Trinajstić information content (AvgIpc) is 2.99. The molecule has 0 aromatic carbocycles. The van der Waals surface area contributed by atoms with Gasteiger partial charge in [0.2, 0.25) is 0 Å². The number of ketones is 1. The molecular weight excluding hydrogens is 248 g/mol. The van der Waals surface area contributed by atoms with Crippen molar-refractivity contribution in [3.05, 3.63) is 35.4 Å². The second-order valence-electron chi connectivity index (χ2n) is 4.38. The minimum absolute atomic E-state index is 0.109. The number of carbonyl (C=O) groups excluding carboxylic acids is 2. The molecule has 98 valence electrons. The number of imidazole rings is 2. The Bertz CT molecular complexity index is 698. The molecular formula is C12H12N4O3. The van der Waals surface area contributed by atoms with Crippen LogP contribution in [0.4, 0.5) is 0 Å². The summed E-state index contributed by atoms with van der Waals surface area (Å²) in [7, 11) is 0. The molecule has 2 aromatic rings. The van der Waals surface area contributed by atoms with Crippen LogP contribution < -0.4 is 0 Å². The largest absolute Gasteiger partial charge is 0.368 e.